The van der Waals surface area contributed by atoms with E-state index in [-0.39, 0.29) is 17.3 Å². The summed E-state index contributed by atoms with van der Waals surface area (Å²) < 4.78 is 1.59. The van der Waals surface area contributed by atoms with Crippen LogP contribution in [0, 0.1) is 0 Å². The van der Waals surface area contributed by atoms with Crippen molar-refractivity contribution in [3.05, 3.63) is 69.9 Å². The molecule has 1 aliphatic carbocycles. The molecule has 0 atom stereocenters. The maximum Gasteiger partial charge on any atom is 0.263 e. The molecule has 0 saturated carbocycles. The lowest BCUT2D eigenvalue weighted by molar-refractivity contribution is 0.0971. The van der Waals surface area contributed by atoms with Crippen molar-refractivity contribution in [2.75, 3.05) is 5.32 Å². The number of aromatic nitrogens is 4. The molecule has 26 heavy (non-hydrogen) atoms. The van der Waals surface area contributed by atoms with E-state index >= 15 is 0 Å². The van der Waals surface area contributed by atoms with Gasteiger partial charge < -0.3 is 4.98 Å². The van der Waals surface area contributed by atoms with Gasteiger partial charge in [0.05, 0.1) is 5.69 Å². The van der Waals surface area contributed by atoms with Crippen LogP contribution in [-0.2, 0) is 6.42 Å². The number of nitrogens with zero attached hydrogens (tertiary/aromatic N) is 3. The van der Waals surface area contributed by atoms with Gasteiger partial charge in [-0.05, 0) is 31.0 Å². The van der Waals surface area contributed by atoms with Gasteiger partial charge in [0.25, 0.3) is 11.5 Å². The molecular formula is C18H15N5O3. The van der Waals surface area contributed by atoms with Crippen LogP contribution >= 0.6 is 0 Å². The van der Waals surface area contributed by atoms with Gasteiger partial charge in [0, 0.05) is 17.7 Å². The van der Waals surface area contributed by atoms with Crippen molar-refractivity contribution in [3.8, 4) is 5.69 Å². The summed E-state index contributed by atoms with van der Waals surface area (Å²) in [5.74, 6) is -0.522. The molecule has 1 aromatic carbocycles. The van der Waals surface area contributed by atoms with Crippen molar-refractivity contribution in [2.45, 2.75) is 19.3 Å². The Kier molecular flexibility index (Phi) is 3.92. The molecular weight excluding hydrogens is 334 g/mol. The fourth-order valence-corrected chi connectivity index (χ4v) is 3.01. The Balaban J connectivity index is 1.66. The number of rotatable bonds is 3. The van der Waals surface area contributed by atoms with E-state index < -0.39 is 11.5 Å². The van der Waals surface area contributed by atoms with Crippen LogP contribution in [0.5, 0.6) is 0 Å². The number of aryl methyl sites for hydroxylation is 1. The van der Waals surface area contributed by atoms with Crippen molar-refractivity contribution < 1.29 is 9.59 Å². The van der Waals surface area contributed by atoms with Crippen LogP contribution in [0.2, 0.25) is 0 Å². The number of Topliss-reactive ketones (excluding diaryl/α,β-unsaturated/α-hetero) is 1. The topological polar surface area (TPSA) is 110 Å². The number of pyridine rings is 1. The molecule has 2 aromatic heterocycles. The van der Waals surface area contributed by atoms with Crippen molar-refractivity contribution in [1.29, 1.82) is 0 Å². The number of anilines is 1. The zero-order valence-corrected chi connectivity index (χ0v) is 13.7. The molecule has 0 saturated heterocycles. The first-order chi connectivity index (χ1) is 12.6. The summed E-state index contributed by atoms with van der Waals surface area (Å²) in [5, 5.41) is 10.3. The number of amides is 1. The van der Waals surface area contributed by atoms with E-state index in [4.69, 9.17) is 0 Å². The summed E-state index contributed by atoms with van der Waals surface area (Å²) in [5.41, 5.74) is 1.12. The second-order valence-electron chi connectivity index (χ2n) is 6.00. The van der Waals surface area contributed by atoms with Gasteiger partial charge in [-0.1, -0.05) is 18.2 Å². The number of fused-ring (bicyclic) bond motifs is 1. The van der Waals surface area contributed by atoms with Gasteiger partial charge >= 0.3 is 0 Å². The predicted molar refractivity (Wildman–Crippen MR) is 93.6 cm³/mol. The fraction of sp³-hybridized carbons (Fsp3) is 0.167. The Hall–Kier alpha value is -3.55. The number of carbonyl (C=O) groups is 2. The number of para-hydroxylation sites is 1. The molecule has 8 nitrogen and oxygen atoms in total. The van der Waals surface area contributed by atoms with Crippen LogP contribution in [0.25, 0.3) is 5.69 Å². The van der Waals surface area contributed by atoms with Gasteiger partial charge in [-0.25, -0.2) is 0 Å². The Morgan fingerprint density at radius 2 is 1.96 bits per heavy atom. The predicted octanol–water partition coefficient (Wildman–Crippen LogP) is 1.73. The van der Waals surface area contributed by atoms with Crippen molar-refractivity contribution >= 4 is 17.6 Å². The third kappa shape index (κ3) is 2.81. The van der Waals surface area contributed by atoms with E-state index in [1.165, 1.54) is 12.4 Å². The van der Waals surface area contributed by atoms with Crippen LogP contribution in [-0.4, -0.2) is 31.4 Å². The number of benzene rings is 1. The maximum absolute atomic E-state index is 12.6. The lowest BCUT2D eigenvalue weighted by Gasteiger charge is -2.15. The molecule has 2 heterocycles. The minimum Gasteiger partial charge on any atom is -0.325 e. The van der Waals surface area contributed by atoms with E-state index in [0.29, 0.717) is 30.5 Å². The van der Waals surface area contributed by atoms with Crippen LogP contribution in [0.15, 0.2) is 47.5 Å². The van der Waals surface area contributed by atoms with Gasteiger partial charge in [0.1, 0.15) is 11.9 Å². The average molecular weight is 349 g/mol. The Bertz CT molecular complexity index is 1050. The average Bonchev–Trinajstić information content (AvgIpc) is 3.10. The highest BCUT2D eigenvalue weighted by atomic mass is 16.2. The molecule has 8 heteroatoms. The number of aromatic amines is 1. The first-order valence-electron chi connectivity index (χ1n) is 8.19. The third-order valence-corrected chi connectivity index (χ3v) is 4.31. The van der Waals surface area contributed by atoms with Gasteiger partial charge in [0.2, 0.25) is 5.95 Å². The molecule has 0 unspecified atom stereocenters. The molecule has 2 N–H and O–H groups in total. The molecule has 3 aromatic rings. The number of hydrogen-bond acceptors (Lipinski definition) is 5. The smallest absolute Gasteiger partial charge is 0.263 e. The quantitative estimate of drug-likeness (QED) is 0.748. The van der Waals surface area contributed by atoms with E-state index in [1.807, 2.05) is 30.3 Å². The highest BCUT2D eigenvalue weighted by Gasteiger charge is 2.23. The monoisotopic (exact) mass is 349 g/mol. The molecule has 0 bridgehead atoms. The van der Waals surface area contributed by atoms with E-state index in [2.05, 4.69) is 20.5 Å². The summed E-state index contributed by atoms with van der Waals surface area (Å²) in [6, 6.07) is 10.6. The second kappa shape index (κ2) is 6.40. The molecule has 1 aliphatic rings. The van der Waals surface area contributed by atoms with Crippen LogP contribution in [0.4, 0.5) is 5.95 Å². The molecule has 4 rings (SSSR count). The molecule has 0 aliphatic heterocycles. The van der Waals surface area contributed by atoms with E-state index in [9.17, 15) is 14.4 Å². The van der Waals surface area contributed by atoms with Gasteiger partial charge in [0.15, 0.2) is 5.78 Å². The minimum absolute atomic E-state index is 0.0657. The lowest BCUT2D eigenvalue weighted by atomic mass is 9.93. The van der Waals surface area contributed by atoms with Crippen molar-refractivity contribution in [3.63, 3.8) is 0 Å². The zero-order chi connectivity index (χ0) is 18.1. The summed E-state index contributed by atoms with van der Waals surface area (Å²) >= 11 is 0. The van der Waals surface area contributed by atoms with E-state index in [1.54, 1.807) is 4.57 Å². The molecule has 0 radical (unpaired) electrons. The summed E-state index contributed by atoms with van der Waals surface area (Å²) in [7, 11) is 0. The van der Waals surface area contributed by atoms with Gasteiger partial charge in [-0.2, -0.15) is 0 Å². The van der Waals surface area contributed by atoms with E-state index in [0.717, 1.165) is 5.69 Å². The standard InChI is InChI=1S/C18H15N5O3/c24-15-8-4-7-14-12(15)9-13(16(25)20-14)17(26)21-18-22-19-10-23(18)11-5-2-1-3-6-11/h1-3,5-6,9-10H,4,7-8H2,(H,20,25)(H,21,22,26). The normalized spacial score (nSPS) is 13.3. The first-order valence-corrected chi connectivity index (χ1v) is 8.19. The third-order valence-electron chi connectivity index (χ3n) is 4.31. The summed E-state index contributed by atoms with van der Waals surface area (Å²) in [4.78, 5) is 39.5. The summed E-state index contributed by atoms with van der Waals surface area (Å²) in [6.07, 6.45) is 3.21. The number of hydrogen-bond donors (Lipinski definition) is 2. The highest BCUT2D eigenvalue weighted by molar-refractivity contribution is 6.06. The molecule has 0 fully saturated rings. The fourth-order valence-electron chi connectivity index (χ4n) is 3.01. The minimum atomic E-state index is -0.641. The Morgan fingerprint density at radius 1 is 1.15 bits per heavy atom. The van der Waals surface area contributed by atoms with Crippen molar-refractivity contribution in [2.24, 2.45) is 0 Å². The molecule has 130 valence electrons. The Morgan fingerprint density at radius 3 is 2.77 bits per heavy atom. The molecule has 1 amide bonds. The lowest BCUT2D eigenvalue weighted by Crippen LogP contribution is -2.28. The number of H-pyrrole nitrogens is 1. The van der Waals surface area contributed by atoms with Crippen LogP contribution in [0.3, 0.4) is 0 Å². The van der Waals surface area contributed by atoms with Crippen LogP contribution < -0.4 is 10.9 Å². The SMILES string of the molecule is O=C1CCCc2[nH]c(=O)c(C(=O)Nc3nncn3-c3ccccc3)cc21. The van der Waals surface area contributed by atoms with Gasteiger partial charge in [-0.15, -0.1) is 10.2 Å². The Labute approximate surface area is 147 Å². The highest BCUT2D eigenvalue weighted by Crippen LogP contribution is 2.19. The second-order valence-corrected chi connectivity index (χ2v) is 6.00. The number of nitrogens with one attached hydrogen (secondary N) is 2. The van der Waals surface area contributed by atoms with Crippen molar-refractivity contribution in [1.82, 2.24) is 19.7 Å². The molecule has 0 spiro atoms. The zero-order valence-electron chi connectivity index (χ0n) is 13.7. The number of carbonyl (C=O) groups excluding carboxylic acids is 2. The first kappa shape index (κ1) is 15.9. The largest absolute Gasteiger partial charge is 0.325 e. The summed E-state index contributed by atoms with van der Waals surface area (Å²) in [6.45, 7) is 0. The van der Waals surface area contributed by atoms with Crippen LogP contribution in [0.1, 0.15) is 39.3 Å². The maximum atomic E-state index is 12.6. The number of ketones is 1. The van der Waals surface area contributed by atoms with Gasteiger partial charge in [-0.3, -0.25) is 24.3 Å².